The van der Waals surface area contributed by atoms with E-state index in [9.17, 15) is 4.39 Å². The molecule has 0 fully saturated rings. The molecule has 0 heterocycles. The molecule has 1 unspecified atom stereocenters. The smallest absolute Gasteiger partial charge is 0.191 e. The Morgan fingerprint density at radius 2 is 1.93 bits per heavy atom. The van der Waals surface area contributed by atoms with Crippen molar-refractivity contribution in [2.75, 3.05) is 32.8 Å². The third-order valence-corrected chi connectivity index (χ3v) is 4.45. The molecule has 1 aromatic rings. The van der Waals surface area contributed by atoms with E-state index in [2.05, 4.69) is 41.3 Å². The van der Waals surface area contributed by atoms with Gasteiger partial charge in [-0.05, 0) is 70.9 Å². The lowest BCUT2D eigenvalue weighted by atomic mass is 10.2. The van der Waals surface area contributed by atoms with Gasteiger partial charge in [0.25, 0.3) is 0 Å². The van der Waals surface area contributed by atoms with Crippen molar-refractivity contribution in [3.63, 3.8) is 0 Å². The molecule has 2 N–H and O–H groups in total. The molecule has 0 spiro atoms. The van der Waals surface area contributed by atoms with Gasteiger partial charge in [-0.15, -0.1) is 24.0 Å². The van der Waals surface area contributed by atoms with Crippen LogP contribution in [0.15, 0.2) is 23.2 Å². The van der Waals surface area contributed by atoms with Crippen molar-refractivity contribution in [2.45, 2.75) is 60.0 Å². The molecule has 7 heteroatoms. The summed E-state index contributed by atoms with van der Waals surface area (Å²) in [7, 11) is 0. The quantitative estimate of drug-likeness (QED) is 0.250. The molecule has 0 saturated carbocycles. The molecule has 5 nitrogen and oxygen atoms in total. The van der Waals surface area contributed by atoms with Crippen molar-refractivity contribution in [3.8, 4) is 5.75 Å². The van der Waals surface area contributed by atoms with Crippen LogP contribution in [0.5, 0.6) is 5.75 Å². The highest BCUT2D eigenvalue weighted by Crippen LogP contribution is 2.18. The Hall–Kier alpha value is -1.09. The fraction of sp³-hybridized carbons (Fsp3) is 0.667. The molecular weight excluding hydrogens is 470 g/mol. The van der Waals surface area contributed by atoms with Crippen molar-refractivity contribution < 1.29 is 9.13 Å². The molecule has 1 aromatic carbocycles. The van der Waals surface area contributed by atoms with E-state index >= 15 is 0 Å². The van der Waals surface area contributed by atoms with Gasteiger partial charge >= 0.3 is 0 Å². The van der Waals surface area contributed by atoms with Crippen LogP contribution in [0.3, 0.4) is 0 Å². The Bertz CT molecular complexity index is 567. The zero-order chi connectivity index (χ0) is 20.1. The minimum Gasteiger partial charge on any atom is -0.491 e. The van der Waals surface area contributed by atoms with Crippen LogP contribution in [0.4, 0.5) is 4.39 Å². The summed E-state index contributed by atoms with van der Waals surface area (Å²) in [6.45, 7) is 15.4. The topological polar surface area (TPSA) is 48.9 Å². The van der Waals surface area contributed by atoms with Gasteiger partial charge in [-0.1, -0.05) is 19.9 Å². The zero-order valence-electron chi connectivity index (χ0n) is 18.1. The Morgan fingerprint density at radius 3 is 2.50 bits per heavy atom. The lowest BCUT2D eigenvalue weighted by Gasteiger charge is -2.21. The van der Waals surface area contributed by atoms with Gasteiger partial charge in [-0.3, -0.25) is 0 Å². The predicted molar refractivity (Wildman–Crippen MR) is 127 cm³/mol. The monoisotopic (exact) mass is 508 g/mol. The van der Waals surface area contributed by atoms with Crippen LogP contribution in [0.25, 0.3) is 0 Å². The summed E-state index contributed by atoms with van der Waals surface area (Å²) in [6, 6.07) is 5.34. The highest BCUT2D eigenvalue weighted by atomic mass is 127. The molecule has 28 heavy (non-hydrogen) atoms. The van der Waals surface area contributed by atoms with Crippen molar-refractivity contribution in [2.24, 2.45) is 4.99 Å². The second-order valence-electron chi connectivity index (χ2n) is 6.61. The number of benzene rings is 1. The minimum absolute atomic E-state index is 0. The molecule has 0 saturated heterocycles. The summed E-state index contributed by atoms with van der Waals surface area (Å²) < 4.78 is 19.2. The van der Waals surface area contributed by atoms with Crippen molar-refractivity contribution in [3.05, 3.63) is 29.6 Å². The normalized spacial score (nSPS) is 12.5. The van der Waals surface area contributed by atoms with Gasteiger partial charge < -0.3 is 20.3 Å². The van der Waals surface area contributed by atoms with E-state index < -0.39 is 0 Å². The zero-order valence-corrected chi connectivity index (χ0v) is 20.4. The van der Waals surface area contributed by atoms with Gasteiger partial charge in [0.05, 0.1) is 13.2 Å². The second-order valence-corrected chi connectivity index (χ2v) is 6.61. The van der Waals surface area contributed by atoms with E-state index in [-0.39, 0.29) is 35.5 Å². The van der Waals surface area contributed by atoms with E-state index in [1.807, 2.05) is 19.9 Å². The standard InChI is InChI=1S/C21H37FN4O.HI/c1-6-23-21(25-17(5)11-10-14-26(7-2)8-3)24-16-18-12-13-20(27-9-4)19(22)15-18;/h12-13,15,17H,6-11,14,16H2,1-5H3,(H2,23,24,25);1H. The average Bonchev–Trinajstić information content (AvgIpc) is 2.65. The molecule has 0 aliphatic heterocycles. The summed E-state index contributed by atoms with van der Waals surface area (Å²) in [5, 5.41) is 6.71. The molecule has 1 rings (SSSR count). The SMILES string of the molecule is CCNC(=NCc1ccc(OCC)c(F)c1)NC(C)CCCN(CC)CC.I. The van der Waals surface area contributed by atoms with Crippen LogP contribution in [0.2, 0.25) is 0 Å². The largest absolute Gasteiger partial charge is 0.491 e. The van der Waals surface area contributed by atoms with Crippen LogP contribution >= 0.6 is 24.0 Å². The molecule has 0 aliphatic carbocycles. The van der Waals surface area contributed by atoms with Gasteiger partial charge in [0, 0.05) is 12.6 Å². The number of hydrogen-bond acceptors (Lipinski definition) is 3. The number of hydrogen-bond donors (Lipinski definition) is 2. The van der Waals surface area contributed by atoms with Crippen LogP contribution in [0.1, 0.15) is 53.0 Å². The number of halogens is 2. The Labute approximate surface area is 187 Å². The number of nitrogens with zero attached hydrogens (tertiary/aromatic N) is 2. The fourth-order valence-corrected chi connectivity index (χ4v) is 2.87. The first kappa shape index (κ1) is 26.9. The van der Waals surface area contributed by atoms with Crippen molar-refractivity contribution in [1.29, 1.82) is 0 Å². The number of guanidine groups is 1. The van der Waals surface area contributed by atoms with Gasteiger partial charge in [0.2, 0.25) is 0 Å². The van der Waals surface area contributed by atoms with Crippen LogP contribution in [-0.4, -0.2) is 49.7 Å². The molecular formula is C21H38FIN4O. The van der Waals surface area contributed by atoms with Crippen LogP contribution < -0.4 is 15.4 Å². The van der Waals surface area contributed by atoms with E-state index in [1.54, 1.807) is 6.07 Å². The lowest BCUT2D eigenvalue weighted by Crippen LogP contribution is -2.42. The highest BCUT2D eigenvalue weighted by Gasteiger charge is 2.08. The maximum absolute atomic E-state index is 14.0. The van der Waals surface area contributed by atoms with Gasteiger partial charge in [-0.25, -0.2) is 9.38 Å². The van der Waals surface area contributed by atoms with Crippen molar-refractivity contribution >= 4 is 29.9 Å². The second kappa shape index (κ2) is 15.8. The predicted octanol–water partition coefficient (Wildman–Crippen LogP) is 4.41. The summed E-state index contributed by atoms with van der Waals surface area (Å²) in [5.74, 6) is 0.714. The first-order chi connectivity index (χ1) is 13.0. The van der Waals surface area contributed by atoms with E-state index in [1.165, 1.54) is 6.07 Å². The van der Waals surface area contributed by atoms with Gasteiger partial charge in [0.1, 0.15) is 0 Å². The molecule has 0 radical (unpaired) electrons. The summed E-state index contributed by atoms with van der Waals surface area (Å²) in [6.07, 6.45) is 2.23. The van der Waals surface area contributed by atoms with E-state index in [0.29, 0.717) is 19.2 Å². The maximum atomic E-state index is 14.0. The Kier molecular flexibility index (Phi) is 15.2. The lowest BCUT2D eigenvalue weighted by molar-refractivity contribution is 0.292. The number of nitrogens with one attached hydrogen (secondary N) is 2. The molecule has 0 aliphatic rings. The van der Waals surface area contributed by atoms with Gasteiger partial charge in [0.15, 0.2) is 17.5 Å². The third-order valence-electron chi connectivity index (χ3n) is 4.45. The summed E-state index contributed by atoms with van der Waals surface area (Å²) in [4.78, 5) is 7.03. The summed E-state index contributed by atoms with van der Waals surface area (Å²) in [5.41, 5.74) is 0.822. The molecule has 0 bridgehead atoms. The van der Waals surface area contributed by atoms with E-state index in [4.69, 9.17) is 4.74 Å². The number of aliphatic imine (C=N–C) groups is 1. The Morgan fingerprint density at radius 1 is 1.21 bits per heavy atom. The maximum Gasteiger partial charge on any atom is 0.191 e. The van der Waals surface area contributed by atoms with Crippen molar-refractivity contribution in [1.82, 2.24) is 15.5 Å². The average molecular weight is 508 g/mol. The molecule has 0 aromatic heterocycles. The first-order valence-corrected chi connectivity index (χ1v) is 10.2. The molecule has 162 valence electrons. The Balaban J connectivity index is 0.00000729. The van der Waals surface area contributed by atoms with E-state index in [0.717, 1.165) is 50.5 Å². The third kappa shape index (κ3) is 10.5. The fourth-order valence-electron chi connectivity index (χ4n) is 2.87. The van der Waals surface area contributed by atoms with Gasteiger partial charge in [-0.2, -0.15) is 0 Å². The highest BCUT2D eigenvalue weighted by molar-refractivity contribution is 14.0. The molecule has 0 amide bonds. The van der Waals surface area contributed by atoms with Crippen LogP contribution in [0, 0.1) is 5.82 Å². The number of rotatable bonds is 12. The first-order valence-electron chi connectivity index (χ1n) is 10.2. The summed E-state index contributed by atoms with van der Waals surface area (Å²) >= 11 is 0. The number of ether oxygens (including phenoxy) is 1. The molecule has 1 atom stereocenters. The minimum atomic E-state index is -0.340. The van der Waals surface area contributed by atoms with Crippen LogP contribution in [-0.2, 0) is 6.54 Å².